The highest BCUT2D eigenvalue weighted by Crippen LogP contribution is 2.25. The Balaban J connectivity index is 2.59. The molecule has 3 heteroatoms. The van der Waals surface area contributed by atoms with Gasteiger partial charge in [0, 0.05) is 17.5 Å². The molecule has 0 bridgehead atoms. The van der Waals surface area contributed by atoms with E-state index < -0.39 is 0 Å². The number of para-hydroxylation sites is 1. The summed E-state index contributed by atoms with van der Waals surface area (Å²) in [4.78, 5) is 2.97. The number of H-pyrrole nitrogens is 1. The molecular formula is C10H9FN2. The van der Waals surface area contributed by atoms with Crippen molar-refractivity contribution in [2.75, 3.05) is 5.73 Å². The average molecular weight is 176 g/mol. The van der Waals surface area contributed by atoms with E-state index >= 15 is 0 Å². The Kier molecular flexibility index (Phi) is 1.77. The third-order valence-electron chi connectivity index (χ3n) is 1.94. The Morgan fingerprint density at radius 2 is 2.00 bits per heavy atom. The summed E-state index contributed by atoms with van der Waals surface area (Å²) in [7, 11) is 0. The second-order valence-corrected chi connectivity index (χ2v) is 2.78. The van der Waals surface area contributed by atoms with Crippen LogP contribution < -0.4 is 5.73 Å². The molecule has 0 saturated carbocycles. The van der Waals surface area contributed by atoms with Gasteiger partial charge < -0.3 is 10.7 Å². The molecule has 0 aliphatic rings. The minimum absolute atomic E-state index is 0.185. The fourth-order valence-corrected chi connectivity index (χ4v) is 1.27. The van der Waals surface area contributed by atoms with Crippen LogP contribution >= 0.6 is 0 Å². The van der Waals surface area contributed by atoms with Crippen molar-refractivity contribution in [2.24, 2.45) is 0 Å². The Bertz CT molecular complexity index is 407. The first-order valence-corrected chi connectivity index (χ1v) is 3.97. The van der Waals surface area contributed by atoms with E-state index in [9.17, 15) is 4.39 Å². The van der Waals surface area contributed by atoms with Gasteiger partial charge in [-0.3, -0.25) is 0 Å². The van der Waals surface area contributed by atoms with Crippen LogP contribution in [0.2, 0.25) is 0 Å². The normalized spacial score (nSPS) is 10.2. The van der Waals surface area contributed by atoms with Crippen LogP contribution in [0.15, 0.2) is 36.5 Å². The number of anilines is 1. The first-order valence-electron chi connectivity index (χ1n) is 3.97. The summed E-state index contributed by atoms with van der Waals surface area (Å²) >= 11 is 0. The molecule has 0 atom stereocenters. The zero-order chi connectivity index (χ0) is 9.26. The first kappa shape index (κ1) is 7.86. The molecule has 0 radical (unpaired) electrons. The molecule has 0 amide bonds. The molecule has 0 aliphatic carbocycles. The lowest BCUT2D eigenvalue weighted by molar-refractivity contribution is 0.633. The smallest absolute Gasteiger partial charge is 0.146 e. The summed E-state index contributed by atoms with van der Waals surface area (Å²) in [6.07, 6.45) is 1.78. The zero-order valence-corrected chi connectivity index (χ0v) is 6.92. The van der Waals surface area contributed by atoms with Crippen molar-refractivity contribution in [2.45, 2.75) is 0 Å². The number of benzene rings is 1. The van der Waals surface area contributed by atoms with Crippen LogP contribution in [-0.4, -0.2) is 4.98 Å². The van der Waals surface area contributed by atoms with E-state index in [1.807, 2.05) is 12.1 Å². The van der Waals surface area contributed by atoms with Gasteiger partial charge in [-0.25, -0.2) is 4.39 Å². The predicted octanol–water partition coefficient (Wildman–Crippen LogP) is 2.40. The van der Waals surface area contributed by atoms with Crippen LogP contribution in [-0.2, 0) is 0 Å². The second-order valence-electron chi connectivity index (χ2n) is 2.78. The van der Waals surface area contributed by atoms with Crippen LogP contribution in [0.25, 0.3) is 11.3 Å². The van der Waals surface area contributed by atoms with Gasteiger partial charge in [0.25, 0.3) is 0 Å². The van der Waals surface area contributed by atoms with Gasteiger partial charge in [0.2, 0.25) is 0 Å². The van der Waals surface area contributed by atoms with E-state index in [-0.39, 0.29) is 11.5 Å². The van der Waals surface area contributed by atoms with Crippen molar-refractivity contribution in [3.8, 4) is 11.3 Å². The largest absolute Gasteiger partial charge is 0.396 e. The fraction of sp³-hybridized carbons (Fsp3) is 0. The minimum atomic E-state index is -0.382. The third-order valence-corrected chi connectivity index (χ3v) is 1.94. The quantitative estimate of drug-likeness (QED) is 0.643. The van der Waals surface area contributed by atoms with Gasteiger partial charge in [-0.2, -0.15) is 0 Å². The molecule has 3 N–H and O–H groups in total. The number of rotatable bonds is 1. The summed E-state index contributed by atoms with van der Waals surface area (Å²) in [5.41, 5.74) is 7.29. The summed E-state index contributed by atoms with van der Waals surface area (Å²) in [6.45, 7) is 0. The van der Waals surface area contributed by atoms with Crippen molar-refractivity contribution in [3.05, 3.63) is 42.3 Å². The number of nitrogen functional groups attached to an aromatic ring is 1. The molecule has 2 nitrogen and oxygen atoms in total. The van der Waals surface area contributed by atoms with Crippen molar-refractivity contribution in [3.63, 3.8) is 0 Å². The molecule has 1 heterocycles. The molecule has 13 heavy (non-hydrogen) atoms. The van der Waals surface area contributed by atoms with Gasteiger partial charge in [-0.1, -0.05) is 12.1 Å². The highest BCUT2D eigenvalue weighted by molar-refractivity contribution is 5.74. The molecular weight excluding hydrogens is 167 g/mol. The Hall–Kier alpha value is -1.77. The summed E-state index contributed by atoms with van der Waals surface area (Å²) in [5, 5.41) is 0. The number of nitrogens with two attached hydrogens (primary N) is 1. The number of nitrogens with one attached hydrogen (secondary N) is 1. The van der Waals surface area contributed by atoms with E-state index in [0.717, 1.165) is 5.69 Å². The van der Waals surface area contributed by atoms with Crippen LogP contribution in [0.5, 0.6) is 0 Å². The summed E-state index contributed by atoms with van der Waals surface area (Å²) in [5.74, 6) is -0.382. The summed E-state index contributed by atoms with van der Waals surface area (Å²) in [6, 6.07) is 8.47. The topological polar surface area (TPSA) is 41.8 Å². The lowest BCUT2D eigenvalue weighted by atomic mass is 10.1. The lowest BCUT2D eigenvalue weighted by Crippen LogP contribution is -1.93. The van der Waals surface area contributed by atoms with Crippen molar-refractivity contribution in [1.29, 1.82) is 0 Å². The number of hydrogen-bond donors (Lipinski definition) is 2. The molecule has 0 fully saturated rings. The maximum atomic E-state index is 13.0. The lowest BCUT2D eigenvalue weighted by Gasteiger charge is -2.03. The SMILES string of the molecule is Nc1c(F)cccc1-c1ccc[nH]1. The molecule has 0 unspecified atom stereocenters. The van der Waals surface area contributed by atoms with Gasteiger partial charge in [-0.05, 0) is 18.2 Å². The third kappa shape index (κ3) is 1.28. The van der Waals surface area contributed by atoms with E-state index in [0.29, 0.717) is 5.56 Å². The van der Waals surface area contributed by atoms with E-state index in [4.69, 9.17) is 5.73 Å². The molecule has 0 aliphatic heterocycles. The van der Waals surface area contributed by atoms with Crippen molar-refractivity contribution < 1.29 is 4.39 Å². The number of hydrogen-bond acceptors (Lipinski definition) is 1. The maximum Gasteiger partial charge on any atom is 0.146 e. The van der Waals surface area contributed by atoms with Crippen LogP contribution in [0.1, 0.15) is 0 Å². The van der Waals surface area contributed by atoms with Gasteiger partial charge in [0.1, 0.15) is 5.82 Å². The standard InChI is InChI=1S/C10H9FN2/c11-8-4-1-3-7(10(8)12)9-5-2-6-13-9/h1-6,13H,12H2. The van der Waals surface area contributed by atoms with Crippen molar-refractivity contribution in [1.82, 2.24) is 4.98 Å². The van der Waals surface area contributed by atoms with E-state index in [1.165, 1.54) is 6.07 Å². The molecule has 0 spiro atoms. The Morgan fingerprint density at radius 3 is 2.69 bits per heavy atom. The maximum absolute atomic E-state index is 13.0. The Morgan fingerprint density at radius 1 is 1.15 bits per heavy atom. The van der Waals surface area contributed by atoms with Crippen LogP contribution in [0.4, 0.5) is 10.1 Å². The molecule has 1 aromatic carbocycles. The van der Waals surface area contributed by atoms with Crippen LogP contribution in [0.3, 0.4) is 0 Å². The predicted molar refractivity (Wildman–Crippen MR) is 50.6 cm³/mol. The van der Waals surface area contributed by atoms with Gasteiger partial charge in [-0.15, -0.1) is 0 Å². The number of halogens is 1. The summed E-state index contributed by atoms with van der Waals surface area (Å²) < 4.78 is 13.0. The molecule has 1 aromatic heterocycles. The molecule has 0 saturated heterocycles. The zero-order valence-electron chi connectivity index (χ0n) is 6.92. The average Bonchev–Trinajstić information content (AvgIpc) is 2.62. The van der Waals surface area contributed by atoms with Crippen molar-refractivity contribution >= 4 is 5.69 Å². The van der Waals surface area contributed by atoms with E-state index in [2.05, 4.69) is 4.98 Å². The van der Waals surface area contributed by atoms with E-state index in [1.54, 1.807) is 18.3 Å². The van der Waals surface area contributed by atoms with Gasteiger partial charge in [0.05, 0.1) is 5.69 Å². The molecule has 66 valence electrons. The number of aromatic nitrogens is 1. The minimum Gasteiger partial charge on any atom is -0.396 e. The first-order chi connectivity index (χ1) is 6.29. The highest BCUT2D eigenvalue weighted by Gasteiger charge is 2.05. The van der Waals surface area contributed by atoms with Gasteiger partial charge >= 0.3 is 0 Å². The van der Waals surface area contributed by atoms with Crippen LogP contribution in [0, 0.1) is 5.82 Å². The monoisotopic (exact) mass is 176 g/mol. The molecule has 2 aromatic rings. The molecule has 2 rings (SSSR count). The Labute approximate surface area is 75.2 Å². The highest BCUT2D eigenvalue weighted by atomic mass is 19.1. The van der Waals surface area contributed by atoms with Gasteiger partial charge in [0.15, 0.2) is 0 Å². The second kappa shape index (κ2) is 2.94. The fourth-order valence-electron chi connectivity index (χ4n) is 1.27. The number of aromatic amines is 1.